The molecule has 0 saturated heterocycles. The third-order valence-electron chi connectivity index (χ3n) is 7.24. The quantitative estimate of drug-likeness (QED) is 0.387. The van der Waals surface area contributed by atoms with E-state index in [0.717, 1.165) is 26.2 Å². The lowest BCUT2D eigenvalue weighted by Gasteiger charge is -2.56. The van der Waals surface area contributed by atoms with Gasteiger partial charge < -0.3 is 4.74 Å². The summed E-state index contributed by atoms with van der Waals surface area (Å²) in [4.78, 5) is 25.3. The second-order valence-corrected chi connectivity index (χ2v) is 12.6. The summed E-state index contributed by atoms with van der Waals surface area (Å²) >= 11 is 0. The van der Waals surface area contributed by atoms with Crippen molar-refractivity contribution in [3.05, 3.63) is 0 Å². The van der Waals surface area contributed by atoms with Gasteiger partial charge in [-0.3, -0.25) is 9.35 Å². The van der Waals surface area contributed by atoms with Crippen LogP contribution in [0.5, 0.6) is 0 Å². The van der Waals surface area contributed by atoms with E-state index in [2.05, 4.69) is 0 Å². The zero-order chi connectivity index (χ0) is 21.0. The number of hydrogen-bond donors (Lipinski definition) is 1. The maximum Gasteiger partial charge on any atom is 0.337 e. The van der Waals surface area contributed by atoms with E-state index in [-0.39, 0.29) is 23.9 Å². The summed E-state index contributed by atoms with van der Waals surface area (Å²) in [6.45, 7) is 6.87. The Morgan fingerprint density at radius 2 is 1.46 bits per heavy atom. The van der Waals surface area contributed by atoms with E-state index >= 15 is 0 Å². The lowest BCUT2D eigenvalue weighted by atomic mass is 9.50. The summed E-state index contributed by atoms with van der Waals surface area (Å²) in [6.07, 6.45) is 6.79. The highest BCUT2D eigenvalue weighted by Gasteiger charge is 2.58. The van der Waals surface area contributed by atoms with Crippen LogP contribution in [0, 0.1) is 28.6 Å². The summed E-state index contributed by atoms with van der Waals surface area (Å²) in [7, 11) is -4.95. The van der Waals surface area contributed by atoms with Gasteiger partial charge in [-0.05, 0) is 81.5 Å². The molecule has 4 aliphatic carbocycles. The number of Topliss-reactive ketones (excluding diaryl/α,β-unsaturated/α-hetero) is 1. The van der Waals surface area contributed by atoms with Gasteiger partial charge in [0.05, 0.1) is 6.61 Å². The number of carbonyl (C=O) groups is 2. The van der Waals surface area contributed by atoms with Crippen molar-refractivity contribution >= 4 is 21.9 Å². The molecule has 6 nitrogen and oxygen atoms in total. The first kappa shape index (κ1) is 21.8. The van der Waals surface area contributed by atoms with E-state index < -0.39 is 26.6 Å². The van der Waals surface area contributed by atoms with Crippen LogP contribution in [0.4, 0.5) is 0 Å². The standard InChI is InChI=1S/C21H34O6S/c1-14(22)21(28(24,25)26,6-5-19(2,3)4)18(23)27-13-20-10-15-7-16(11-20)9-17(8-15)12-20/h15-17H,5-13H2,1-4H3,(H,24,25,26). The molecule has 0 aromatic heterocycles. The van der Waals surface area contributed by atoms with Gasteiger partial charge >= 0.3 is 5.97 Å². The van der Waals surface area contributed by atoms with Gasteiger partial charge in [0, 0.05) is 5.41 Å². The van der Waals surface area contributed by atoms with Crippen molar-refractivity contribution in [1.29, 1.82) is 0 Å². The molecule has 0 aromatic carbocycles. The summed E-state index contributed by atoms with van der Waals surface area (Å²) < 4.78 is 37.3. The number of rotatable bonds is 7. The van der Waals surface area contributed by atoms with Crippen LogP contribution in [0.1, 0.15) is 79.1 Å². The van der Waals surface area contributed by atoms with E-state index in [1.54, 1.807) is 0 Å². The average molecular weight is 415 g/mol. The molecule has 4 bridgehead atoms. The van der Waals surface area contributed by atoms with E-state index in [0.29, 0.717) is 24.2 Å². The van der Waals surface area contributed by atoms with Crippen molar-refractivity contribution in [3.8, 4) is 0 Å². The largest absolute Gasteiger partial charge is 0.464 e. The molecular formula is C21H34O6S. The summed E-state index contributed by atoms with van der Waals surface area (Å²) in [5.41, 5.74) is -0.387. The van der Waals surface area contributed by atoms with Crippen LogP contribution >= 0.6 is 0 Å². The molecule has 0 spiro atoms. The van der Waals surface area contributed by atoms with Crippen molar-refractivity contribution in [2.75, 3.05) is 6.61 Å². The number of ketones is 1. The fourth-order valence-corrected chi connectivity index (χ4v) is 7.18. The minimum absolute atomic E-state index is 0.0871. The Morgan fingerprint density at radius 3 is 1.82 bits per heavy atom. The fourth-order valence-electron chi connectivity index (χ4n) is 6.19. The topological polar surface area (TPSA) is 97.7 Å². The van der Waals surface area contributed by atoms with Gasteiger partial charge in [-0.1, -0.05) is 20.8 Å². The molecule has 4 rings (SSSR count). The molecule has 1 unspecified atom stereocenters. The van der Waals surface area contributed by atoms with Gasteiger partial charge in [-0.25, -0.2) is 4.79 Å². The van der Waals surface area contributed by atoms with Gasteiger partial charge in [0.25, 0.3) is 14.9 Å². The summed E-state index contributed by atoms with van der Waals surface area (Å²) in [6, 6.07) is 0. The van der Waals surface area contributed by atoms with Crippen LogP contribution in [0.3, 0.4) is 0 Å². The maximum absolute atomic E-state index is 13.0. The van der Waals surface area contributed by atoms with E-state index in [9.17, 15) is 22.6 Å². The Kier molecular flexibility index (Phi) is 5.50. The Hall–Kier alpha value is -0.950. The third kappa shape index (κ3) is 4.02. The molecule has 4 saturated carbocycles. The van der Waals surface area contributed by atoms with Crippen LogP contribution in [-0.2, 0) is 24.4 Å². The van der Waals surface area contributed by atoms with E-state index in [1.807, 2.05) is 20.8 Å². The van der Waals surface area contributed by atoms with E-state index in [1.165, 1.54) is 19.3 Å². The van der Waals surface area contributed by atoms with Crippen LogP contribution in [0.15, 0.2) is 0 Å². The molecule has 0 radical (unpaired) electrons. The van der Waals surface area contributed by atoms with Crippen molar-refractivity contribution in [1.82, 2.24) is 0 Å². The van der Waals surface area contributed by atoms with Crippen LogP contribution in [0.2, 0.25) is 0 Å². The lowest BCUT2D eigenvalue weighted by molar-refractivity contribution is -0.160. The predicted octanol–water partition coefficient (Wildman–Crippen LogP) is 3.79. The van der Waals surface area contributed by atoms with Crippen molar-refractivity contribution in [2.24, 2.45) is 28.6 Å². The van der Waals surface area contributed by atoms with Crippen molar-refractivity contribution < 1.29 is 27.3 Å². The summed E-state index contributed by atoms with van der Waals surface area (Å²) in [5, 5.41) is 0. The Balaban J connectivity index is 1.79. The van der Waals surface area contributed by atoms with E-state index in [4.69, 9.17) is 4.74 Å². The Labute approximate surface area is 168 Å². The SMILES string of the molecule is CC(=O)C(CCC(C)(C)C)(C(=O)OCC12CC3CC(CC(C3)C1)C2)S(=O)(=O)O. The number of ether oxygens (including phenoxy) is 1. The fraction of sp³-hybridized carbons (Fsp3) is 0.905. The molecule has 7 heteroatoms. The molecule has 0 amide bonds. The van der Waals surface area contributed by atoms with Gasteiger partial charge in [0.1, 0.15) is 0 Å². The maximum atomic E-state index is 13.0. The second-order valence-electron chi connectivity index (χ2n) is 10.9. The van der Waals surface area contributed by atoms with Gasteiger partial charge in [0.15, 0.2) is 5.78 Å². The molecule has 0 heterocycles. The number of carbonyl (C=O) groups excluding carboxylic acids is 2. The molecule has 28 heavy (non-hydrogen) atoms. The minimum atomic E-state index is -4.95. The van der Waals surface area contributed by atoms with Crippen molar-refractivity contribution in [3.63, 3.8) is 0 Å². The minimum Gasteiger partial charge on any atom is -0.464 e. The third-order valence-corrected chi connectivity index (χ3v) is 8.78. The van der Waals surface area contributed by atoms with Crippen LogP contribution in [-0.4, -0.2) is 36.1 Å². The van der Waals surface area contributed by atoms with Gasteiger partial charge in [-0.15, -0.1) is 0 Å². The normalized spacial score (nSPS) is 34.1. The molecular weight excluding hydrogens is 380 g/mol. The molecule has 160 valence electrons. The zero-order valence-electron chi connectivity index (χ0n) is 17.5. The summed E-state index contributed by atoms with van der Waals surface area (Å²) in [5.74, 6) is 0.0252. The number of esters is 1. The predicted molar refractivity (Wildman–Crippen MR) is 105 cm³/mol. The smallest absolute Gasteiger partial charge is 0.337 e. The Bertz CT molecular complexity index is 712. The average Bonchev–Trinajstić information content (AvgIpc) is 2.49. The highest BCUT2D eigenvalue weighted by atomic mass is 32.2. The molecule has 4 aliphatic rings. The van der Waals surface area contributed by atoms with Gasteiger partial charge in [0.2, 0.25) is 0 Å². The van der Waals surface area contributed by atoms with Crippen molar-refractivity contribution in [2.45, 2.75) is 83.8 Å². The van der Waals surface area contributed by atoms with Crippen LogP contribution in [0.25, 0.3) is 0 Å². The first-order valence-corrected chi connectivity index (χ1v) is 11.9. The molecule has 1 N–H and O–H groups in total. The highest BCUT2D eigenvalue weighted by Crippen LogP contribution is 2.60. The van der Waals surface area contributed by atoms with Gasteiger partial charge in [-0.2, -0.15) is 8.42 Å². The molecule has 0 aromatic rings. The first-order valence-electron chi connectivity index (χ1n) is 10.4. The number of hydrogen-bond acceptors (Lipinski definition) is 5. The monoisotopic (exact) mass is 414 g/mol. The molecule has 1 atom stereocenters. The second kappa shape index (κ2) is 7.08. The first-order chi connectivity index (χ1) is 12.8. The van der Waals surface area contributed by atoms with Crippen LogP contribution < -0.4 is 0 Å². The molecule has 0 aliphatic heterocycles. The lowest BCUT2D eigenvalue weighted by Crippen LogP contribution is -2.55. The highest BCUT2D eigenvalue weighted by molar-refractivity contribution is 7.89. The zero-order valence-corrected chi connectivity index (χ0v) is 18.3. The Morgan fingerprint density at radius 1 is 1.00 bits per heavy atom. The molecule has 4 fully saturated rings.